The number of carbonyl (C=O) groups is 2. The van der Waals surface area contributed by atoms with Crippen molar-refractivity contribution in [3.63, 3.8) is 0 Å². The number of hydrogen-bond donors (Lipinski definition) is 1. The molecule has 30 heavy (non-hydrogen) atoms. The van der Waals surface area contributed by atoms with Crippen LogP contribution in [0.4, 0.5) is 0 Å². The van der Waals surface area contributed by atoms with Crippen molar-refractivity contribution in [1.82, 2.24) is 5.32 Å². The fraction of sp³-hybridized carbons (Fsp3) is 0.615. The predicted molar refractivity (Wildman–Crippen MR) is 115 cm³/mol. The second-order valence-electron chi connectivity index (χ2n) is 10.5. The van der Waals surface area contributed by atoms with Crippen molar-refractivity contribution >= 4 is 11.9 Å². The van der Waals surface area contributed by atoms with Crippen LogP contribution in [-0.4, -0.2) is 18.0 Å². The number of fused-ring (bicyclic) bond motifs is 5. The monoisotopic (exact) mass is 407 g/mol. The maximum absolute atomic E-state index is 13.2. The van der Waals surface area contributed by atoms with Gasteiger partial charge in [-0.3, -0.25) is 4.79 Å². The Labute approximate surface area is 179 Å². The van der Waals surface area contributed by atoms with Gasteiger partial charge in [0.05, 0.1) is 0 Å². The Balaban J connectivity index is 1.32. The van der Waals surface area contributed by atoms with Crippen LogP contribution in [0.2, 0.25) is 0 Å². The van der Waals surface area contributed by atoms with Gasteiger partial charge >= 0.3 is 5.97 Å². The van der Waals surface area contributed by atoms with Crippen molar-refractivity contribution in [2.75, 3.05) is 0 Å². The SMILES string of the molecule is C[C@]12C=CC(=O)O[C@@H]1CC[C@@H]1[C@@H]2CC[C@]2(C)[C@@H](C(=O)NCc3ccccc3)CC[C@@H]12. The number of benzene rings is 1. The maximum atomic E-state index is 13.2. The minimum Gasteiger partial charge on any atom is -0.458 e. The van der Waals surface area contributed by atoms with Gasteiger partial charge in [-0.15, -0.1) is 0 Å². The molecule has 1 aromatic rings. The molecule has 7 atom stereocenters. The van der Waals surface area contributed by atoms with Crippen molar-refractivity contribution in [2.45, 2.75) is 65.0 Å². The summed E-state index contributed by atoms with van der Waals surface area (Å²) in [5.74, 6) is 1.91. The summed E-state index contributed by atoms with van der Waals surface area (Å²) in [5.41, 5.74) is 1.19. The highest BCUT2D eigenvalue weighted by molar-refractivity contribution is 5.83. The van der Waals surface area contributed by atoms with E-state index < -0.39 is 0 Å². The van der Waals surface area contributed by atoms with Crippen molar-refractivity contribution in [2.24, 2.45) is 34.5 Å². The number of carbonyl (C=O) groups excluding carboxylic acids is 2. The fourth-order valence-electron chi connectivity index (χ4n) is 7.54. The molecule has 3 aliphatic carbocycles. The number of ether oxygens (including phenoxy) is 1. The molecular weight excluding hydrogens is 374 g/mol. The van der Waals surface area contributed by atoms with Gasteiger partial charge in [-0.05, 0) is 67.3 Å². The number of nitrogens with one attached hydrogen (secondary N) is 1. The molecule has 1 amide bonds. The molecule has 3 saturated carbocycles. The molecule has 1 heterocycles. The van der Waals surface area contributed by atoms with Crippen LogP contribution in [0.3, 0.4) is 0 Å². The number of amides is 1. The van der Waals surface area contributed by atoms with E-state index in [0.29, 0.717) is 24.3 Å². The lowest BCUT2D eigenvalue weighted by Gasteiger charge is -2.58. The van der Waals surface area contributed by atoms with Crippen LogP contribution in [0.25, 0.3) is 0 Å². The first kappa shape index (κ1) is 19.8. The largest absolute Gasteiger partial charge is 0.458 e. The Morgan fingerprint density at radius 3 is 2.67 bits per heavy atom. The number of esters is 1. The van der Waals surface area contributed by atoms with Crippen LogP contribution >= 0.6 is 0 Å². The van der Waals surface area contributed by atoms with Gasteiger partial charge in [0.15, 0.2) is 0 Å². The van der Waals surface area contributed by atoms with E-state index in [1.54, 1.807) is 6.08 Å². The molecule has 5 rings (SSSR count). The van der Waals surface area contributed by atoms with E-state index in [2.05, 4.69) is 37.4 Å². The summed E-state index contributed by atoms with van der Waals surface area (Å²) < 4.78 is 5.72. The summed E-state index contributed by atoms with van der Waals surface area (Å²) in [7, 11) is 0. The summed E-state index contributed by atoms with van der Waals surface area (Å²) in [6, 6.07) is 10.2. The molecule has 0 unspecified atom stereocenters. The third-order valence-corrected chi connectivity index (χ3v) is 9.16. The average molecular weight is 408 g/mol. The summed E-state index contributed by atoms with van der Waals surface area (Å²) in [6.07, 6.45) is 10.2. The first-order chi connectivity index (χ1) is 14.4. The molecule has 1 aromatic carbocycles. The van der Waals surface area contributed by atoms with E-state index in [-0.39, 0.29) is 34.7 Å². The molecule has 4 heteroatoms. The molecule has 0 saturated heterocycles. The van der Waals surface area contributed by atoms with Gasteiger partial charge in [0.1, 0.15) is 6.10 Å². The Morgan fingerprint density at radius 1 is 1.07 bits per heavy atom. The van der Waals surface area contributed by atoms with Gasteiger partial charge in [-0.2, -0.15) is 0 Å². The molecule has 0 bridgehead atoms. The van der Waals surface area contributed by atoms with Crippen LogP contribution in [0.1, 0.15) is 57.9 Å². The van der Waals surface area contributed by atoms with E-state index in [4.69, 9.17) is 4.74 Å². The normalized spacial score (nSPS) is 41.9. The molecule has 0 aromatic heterocycles. The lowest BCUT2D eigenvalue weighted by molar-refractivity contribution is -0.168. The molecule has 0 radical (unpaired) electrons. The van der Waals surface area contributed by atoms with Gasteiger partial charge in [-0.25, -0.2) is 4.79 Å². The predicted octanol–water partition coefficient (Wildman–Crippen LogP) is 4.64. The lowest BCUT2D eigenvalue weighted by atomic mass is 9.48. The summed E-state index contributed by atoms with van der Waals surface area (Å²) in [5, 5.41) is 3.22. The zero-order valence-corrected chi connectivity index (χ0v) is 18.1. The molecule has 3 fully saturated rings. The first-order valence-electron chi connectivity index (χ1n) is 11.6. The third-order valence-electron chi connectivity index (χ3n) is 9.16. The van der Waals surface area contributed by atoms with Crippen LogP contribution in [-0.2, 0) is 20.9 Å². The highest BCUT2D eigenvalue weighted by atomic mass is 16.5. The molecule has 1 N–H and O–H groups in total. The van der Waals surface area contributed by atoms with Crippen LogP contribution < -0.4 is 5.32 Å². The van der Waals surface area contributed by atoms with Crippen LogP contribution in [0.5, 0.6) is 0 Å². The van der Waals surface area contributed by atoms with Gasteiger partial charge in [0, 0.05) is 24.0 Å². The number of rotatable bonds is 3. The Morgan fingerprint density at radius 2 is 1.87 bits per heavy atom. The summed E-state index contributed by atoms with van der Waals surface area (Å²) in [4.78, 5) is 25.0. The minimum absolute atomic E-state index is 0.0203. The summed E-state index contributed by atoms with van der Waals surface area (Å²) in [6.45, 7) is 5.27. The first-order valence-corrected chi connectivity index (χ1v) is 11.6. The van der Waals surface area contributed by atoms with E-state index in [1.807, 2.05) is 18.2 Å². The highest BCUT2D eigenvalue weighted by Gasteiger charge is 2.61. The van der Waals surface area contributed by atoms with Gasteiger partial charge in [0.25, 0.3) is 0 Å². The van der Waals surface area contributed by atoms with Crippen molar-refractivity contribution < 1.29 is 14.3 Å². The Hall–Kier alpha value is -2.10. The number of hydrogen-bond acceptors (Lipinski definition) is 3. The highest BCUT2D eigenvalue weighted by Crippen LogP contribution is 2.65. The van der Waals surface area contributed by atoms with Crippen molar-refractivity contribution in [3.05, 3.63) is 48.0 Å². The standard InChI is InChI=1S/C26H33NO3/c1-25-14-12-20-18(8-11-22-26(20,2)15-13-23(28)30-22)19(25)9-10-21(25)24(29)27-16-17-6-4-3-5-7-17/h3-7,13,15,18-22H,8-12,14,16H2,1-2H3,(H,27,29)/t18-,19-,20-,21+,22+,25-,26+/m0/s1. The lowest BCUT2D eigenvalue weighted by Crippen LogP contribution is -2.55. The average Bonchev–Trinajstić information content (AvgIpc) is 3.10. The zero-order chi connectivity index (χ0) is 20.9. The van der Waals surface area contributed by atoms with Crippen molar-refractivity contribution in [1.29, 1.82) is 0 Å². The summed E-state index contributed by atoms with van der Waals surface area (Å²) >= 11 is 0. The quantitative estimate of drug-likeness (QED) is 0.743. The van der Waals surface area contributed by atoms with Gasteiger partial charge < -0.3 is 10.1 Å². The fourth-order valence-corrected chi connectivity index (χ4v) is 7.54. The minimum atomic E-state index is -0.187. The van der Waals surface area contributed by atoms with E-state index in [9.17, 15) is 9.59 Å². The smallest absolute Gasteiger partial charge is 0.330 e. The Kier molecular flexibility index (Phi) is 4.79. The third kappa shape index (κ3) is 3.02. The van der Waals surface area contributed by atoms with Gasteiger partial charge in [-0.1, -0.05) is 50.3 Å². The molecule has 4 aliphatic rings. The van der Waals surface area contributed by atoms with Crippen LogP contribution in [0.15, 0.2) is 42.5 Å². The zero-order valence-electron chi connectivity index (χ0n) is 18.1. The molecule has 1 aliphatic heterocycles. The topological polar surface area (TPSA) is 55.4 Å². The molecular formula is C26H33NO3. The van der Waals surface area contributed by atoms with E-state index in [1.165, 1.54) is 0 Å². The van der Waals surface area contributed by atoms with E-state index in [0.717, 1.165) is 44.1 Å². The van der Waals surface area contributed by atoms with Crippen LogP contribution in [0, 0.1) is 34.5 Å². The second kappa shape index (κ2) is 7.25. The second-order valence-corrected chi connectivity index (χ2v) is 10.5. The maximum Gasteiger partial charge on any atom is 0.330 e. The van der Waals surface area contributed by atoms with E-state index >= 15 is 0 Å². The Bertz CT molecular complexity index is 864. The molecule has 4 nitrogen and oxygen atoms in total. The van der Waals surface area contributed by atoms with Gasteiger partial charge in [0.2, 0.25) is 5.91 Å². The molecule has 0 spiro atoms. The molecule has 160 valence electrons. The van der Waals surface area contributed by atoms with Crippen molar-refractivity contribution in [3.8, 4) is 0 Å².